The van der Waals surface area contributed by atoms with Crippen LogP contribution in [0.4, 0.5) is 18.9 Å². The van der Waals surface area contributed by atoms with E-state index in [-0.39, 0.29) is 5.97 Å². The Hall–Kier alpha value is -1.03. The van der Waals surface area contributed by atoms with E-state index in [2.05, 4.69) is 7.97 Å². The van der Waals surface area contributed by atoms with Gasteiger partial charge >= 0.3 is 12.1 Å². The quantitative estimate of drug-likeness (QED) is 0.691. The van der Waals surface area contributed by atoms with Crippen LogP contribution in [0.15, 0.2) is 24.3 Å². The molecule has 0 aromatic heterocycles. The summed E-state index contributed by atoms with van der Waals surface area (Å²) in [4.78, 5) is 15.3. The third kappa shape index (κ3) is 4.73. The second-order valence-corrected chi connectivity index (χ2v) is 5.51. The van der Waals surface area contributed by atoms with Crippen LogP contribution >= 0.6 is 23.0 Å². The van der Waals surface area contributed by atoms with Gasteiger partial charge in [-0.05, 0) is 24.3 Å². The molecule has 0 spiro atoms. The maximum Gasteiger partial charge on any atom is 0.416 e. The first kappa shape index (κ1) is 17.3. The number of rotatable bonds is 4. The zero-order valence-electron chi connectivity index (χ0n) is 11.8. The predicted octanol–water partition coefficient (Wildman–Crippen LogP) is 3.11. The lowest BCUT2D eigenvalue weighted by molar-refractivity contribution is -0.137. The average molecular weight is 428 g/mol. The van der Waals surface area contributed by atoms with E-state index < -0.39 is 11.7 Å². The van der Waals surface area contributed by atoms with Gasteiger partial charge in [-0.25, -0.2) is 0 Å². The van der Waals surface area contributed by atoms with Gasteiger partial charge in [-0.2, -0.15) is 13.2 Å². The Morgan fingerprint density at radius 2 is 1.73 bits per heavy atom. The zero-order chi connectivity index (χ0) is 16.2. The maximum absolute atomic E-state index is 12.5. The molecular weight excluding hydrogens is 412 g/mol. The third-order valence-corrected chi connectivity index (χ3v) is 4.14. The van der Waals surface area contributed by atoms with Crippen molar-refractivity contribution in [2.75, 3.05) is 37.6 Å². The molecule has 1 aliphatic rings. The van der Waals surface area contributed by atoms with Gasteiger partial charge in [0.15, 0.2) is 23.0 Å². The average Bonchev–Trinajstić information content (AvgIpc) is 2.52. The van der Waals surface area contributed by atoms with Crippen LogP contribution in [-0.4, -0.2) is 43.6 Å². The largest absolute Gasteiger partial charge is 0.416 e. The highest BCUT2D eigenvalue weighted by Crippen LogP contribution is 2.30. The lowest BCUT2D eigenvalue weighted by Crippen LogP contribution is -2.46. The molecule has 0 bridgehead atoms. The summed E-state index contributed by atoms with van der Waals surface area (Å²) >= 11 is 1.57. The van der Waals surface area contributed by atoms with Crippen LogP contribution in [0.2, 0.25) is 0 Å². The van der Waals surface area contributed by atoms with Gasteiger partial charge in [-0.1, -0.05) is 0 Å². The number of benzene rings is 1. The second kappa shape index (κ2) is 7.49. The van der Waals surface area contributed by atoms with Gasteiger partial charge in [0, 0.05) is 38.4 Å². The van der Waals surface area contributed by atoms with Crippen LogP contribution in [0.3, 0.4) is 0 Å². The number of anilines is 1. The van der Waals surface area contributed by atoms with E-state index in [0.29, 0.717) is 13.0 Å². The Balaban J connectivity index is 1.85. The fourth-order valence-corrected chi connectivity index (χ4v) is 2.60. The van der Waals surface area contributed by atoms with E-state index in [1.54, 1.807) is 23.0 Å². The lowest BCUT2D eigenvalue weighted by Gasteiger charge is -2.36. The normalized spacial score (nSPS) is 16.6. The molecule has 1 aromatic rings. The van der Waals surface area contributed by atoms with Gasteiger partial charge in [0.1, 0.15) is 0 Å². The van der Waals surface area contributed by atoms with E-state index in [0.717, 1.165) is 44.0 Å². The Kier molecular flexibility index (Phi) is 5.90. The Labute approximate surface area is 140 Å². The molecule has 0 amide bonds. The van der Waals surface area contributed by atoms with E-state index in [1.165, 1.54) is 12.1 Å². The van der Waals surface area contributed by atoms with Crippen molar-refractivity contribution in [2.45, 2.75) is 12.6 Å². The van der Waals surface area contributed by atoms with Crippen molar-refractivity contribution in [3.05, 3.63) is 29.8 Å². The predicted molar refractivity (Wildman–Crippen MR) is 84.8 cm³/mol. The molecular formula is C14H16F3IN2O2. The van der Waals surface area contributed by atoms with Crippen LogP contribution in [0, 0.1) is 0 Å². The van der Waals surface area contributed by atoms with Crippen molar-refractivity contribution in [3.63, 3.8) is 0 Å². The monoisotopic (exact) mass is 428 g/mol. The van der Waals surface area contributed by atoms with Crippen molar-refractivity contribution < 1.29 is 21.0 Å². The van der Waals surface area contributed by atoms with E-state index in [9.17, 15) is 18.0 Å². The van der Waals surface area contributed by atoms with Crippen LogP contribution in [-0.2, 0) is 14.0 Å². The number of halogens is 4. The lowest BCUT2D eigenvalue weighted by atomic mass is 10.1. The number of hydrogen-bond acceptors (Lipinski definition) is 4. The maximum atomic E-state index is 12.5. The summed E-state index contributed by atoms with van der Waals surface area (Å²) in [5.74, 6) is -0.245. The minimum absolute atomic E-state index is 0.245. The molecule has 0 unspecified atom stereocenters. The third-order valence-electron chi connectivity index (χ3n) is 3.65. The molecule has 122 valence electrons. The summed E-state index contributed by atoms with van der Waals surface area (Å²) in [7, 11) is 0. The molecule has 0 radical (unpaired) electrons. The molecule has 2 rings (SSSR count). The van der Waals surface area contributed by atoms with Crippen molar-refractivity contribution >= 4 is 34.7 Å². The summed E-state index contributed by atoms with van der Waals surface area (Å²) in [6, 6.07) is 5.23. The second-order valence-electron chi connectivity index (χ2n) is 5.07. The Morgan fingerprint density at radius 3 is 2.23 bits per heavy atom. The number of piperazine rings is 1. The SMILES string of the molecule is O=C(CCN1CCN(c2ccc(C(F)(F)F)cc2)CC1)OI. The smallest absolute Gasteiger partial charge is 0.394 e. The summed E-state index contributed by atoms with van der Waals surface area (Å²) in [6.45, 7) is 3.64. The first-order valence-electron chi connectivity index (χ1n) is 6.86. The van der Waals surface area contributed by atoms with E-state index in [1.807, 2.05) is 4.90 Å². The molecule has 1 aromatic carbocycles. The zero-order valence-corrected chi connectivity index (χ0v) is 13.9. The molecule has 0 atom stereocenters. The molecule has 22 heavy (non-hydrogen) atoms. The van der Waals surface area contributed by atoms with Crippen molar-refractivity contribution in [1.82, 2.24) is 4.90 Å². The number of hydrogen-bond donors (Lipinski definition) is 0. The van der Waals surface area contributed by atoms with E-state index in [4.69, 9.17) is 0 Å². The number of nitrogens with zero attached hydrogens (tertiary/aromatic N) is 2. The standard InChI is InChI=1S/C14H16F3IN2O2/c15-14(16,17)11-1-3-12(4-2-11)20-9-7-19(8-10-20)6-5-13(21)22-18/h1-4H,5-10H2. The summed E-state index contributed by atoms with van der Waals surface area (Å²) in [5.41, 5.74) is 0.159. The molecule has 1 aliphatic heterocycles. The highest BCUT2D eigenvalue weighted by atomic mass is 127. The van der Waals surface area contributed by atoms with Gasteiger partial charge in [0.25, 0.3) is 0 Å². The van der Waals surface area contributed by atoms with Crippen LogP contribution in [0.25, 0.3) is 0 Å². The minimum Gasteiger partial charge on any atom is -0.394 e. The highest BCUT2D eigenvalue weighted by Gasteiger charge is 2.30. The van der Waals surface area contributed by atoms with Gasteiger partial charge in [-0.15, -0.1) is 0 Å². The molecule has 8 heteroatoms. The first-order valence-corrected chi connectivity index (χ1v) is 7.74. The minimum atomic E-state index is -4.30. The summed E-state index contributed by atoms with van der Waals surface area (Å²) in [6.07, 6.45) is -3.95. The summed E-state index contributed by atoms with van der Waals surface area (Å²) < 4.78 is 42.2. The molecule has 4 nitrogen and oxygen atoms in total. The Bertz CT molecular complexity index is 500. The molecule has 0 saturated carbocycles. The van der Waals surface area contributed by atoms with Crippen LogP contribution in [0.5, 0.6) is 0 Å². The first-order chi connectivity index (χ1) is 10.4. The van der Waals surface area contributed by atoms with Crippen molar-refractivity contribution in [3.8, 4) is 0 Å². The number of alkyl halides is 3. The molecule has 0 N–H and O–H groups in total. The van der Waals surface area contributed by atoms with Crippen LogP contribution in [0.1, 0.15) is 12.0 Å². The molecule has 1 heterocycles. The van der Waals surface area contributed by atoms with Crippen LogP contribution < -0.4 is 4.90 Å². The highest BCUT2D eigenvalue weighted by molar-refractivity contribution is 14.1. The molecule has 1 saturated heterocycles. The van der Waals surface area contributed by atoms with Gasteiger partial charge < -0.3 is 7.97 Å². The Morgan fingerprint density at radius 1 is 1.14 bits per heavy atom. The topological polar surface area (TPSA) is 32.8 Å². The fourth-order valence-electron chi connectivity index (χ4n) is 2.38. The van der Waals surface area contributed by atoms with Gasteiger partial charge in [0.2, 0.25) is 0 Å². The van der Waals surface area contributed by atoms with Crippen molar-refractivity contribution in [2.24, 2.45) is 0 Å². The van der Waals surface area contributed by atoms with Gasteiger partial charge in [0.05, 0.1) is 12.0 Å². The van der Waals surface area contributed by atoms with Gasteiger partial charge in [-0.3, -0.25) is 9.69 Å². The van der Waals surface area contributed by atoms with Crippen molar-refractivity contribution in [1.29, 1.82) is 0 Å². The molecule has 0 aliphatic carbocycles. The number of carbonyl (C=O) groups excluding carboxylic acids is 1. The fraction of sp³-hybridized carbons (Fsp3) is 0.500. The number of carbonyl (C=O) groups is 1. The van der Waals surface area contributed by atoms with E-state index >= 15 is 0 Å². The summed E-state index contributed by atoms with van der Waals surface area (Å²) in [5, 5.41) is 0. The molecule has 1 fully saturated rings.